The fraction of sp³-hybridized carbons (Fsp3) is 0.176. The van der Waals surface area contributed by atoms with Crippen LogP contribution >= 0.6 is 22.9 Å². The van der Waals surface area contributed by atoms with Crippen molar-refractivity contribution in [2.45, 2.75) is 13.5 Å². The number of anilines is 1. The van der Waals surface area contributed by atoms with Crippen LogP contribution in [0.5, 0.6) is 0 Å². The van der Waals surface area contributed by atoms with Crippen LogP contribution in [0.3, 0.4) is 0 Å². The highest BCUT2D eigenvalue weighted by Gasteiger charge is 2.15. The lowest BCUT2D eigenvalue weighted by molar-refractivity contribution is 0.795. The van der Waals surface area contributed by atoms with Gasteiger partial charge < -0.3 is 4.90 Å². The molecular formula is C17H16ClN3OS. The van der Waals surface area contributed by atoms with Gasteiger partial charge in [-0.1, -0.05) is 29.8 Å². The summed E-state index contributed by atoms with van der Waals surface area (Å²) in [7, 11) is 1.91. The third-order valence-corrected chi connectivity index (χ3v) is 5.02. The first-order valence-electron chi connectivity index (χ1n) is 7.15. The van der Waals surface area contributed by atoms with Crippen LogP contribution in [0.25, 0.3) is 5.69 Å². The minimum absolute atomic E-state index is 0.181. The highest BCUT2D eigenvalue weighted by Crippen LogP contribution is 2.25. The van der Waals surface area contributed by atoms with Crippen LogP contribution in [0.4, 0.5) is 5.69 Å². The van der Waals surface area contributed by atoms with E-state index >= 15 is 0 Å². The number of halogens is 1. The van der Waals surface area contributed by atoms with Crippen LogP contribution in [0.15, 0.2) is 52.8 Å². The van der Waals surface area contributed by atoms with Gasteiger partial charge in [0.15, 0.2) is 0 Å². The SMILES string of the molecule is Cc1ccsc1CN(C)c1cnn(-c2ccccc2)c(=O)c1Cl. The van der Waals surface area contributed by atoms with E-state index in [9.17, 15) is 4.79 Å². The Bertz CT molecular complexity index is 873. The molecule has 0 aliphatic carbocycles. The predicted molar refractivity (Wildman–Crippen MR) is 96.0 cm³/mol. The van der Waals surface area contributed by atoms with Crippen molar-refractivity contribution >= 4 is 28.6 Å². The number of aryl methyl sites for hydroxylation is 1. The van der Waals surface area contributed by atoms with Gasteiger partial charge >= 0.3 is 0 Å². The van der Waals surface area contributed by atoms with Crippen molar-refractivity contribution in [2.24, 2.45) is 0 Å². The molecule has 0 saturated heterocycles. The summed E-state index contributed by atoms with van der Waals surface area (Å²) in [6, 6.07) is 11.3. The van der Waals surface area contributed by atoms with Gasteiger partial charge in [-0.05, 0) is 36.1 Å². The minimum atomic E-state index is -0.315. The largest absolute Gasteiger partial charge is 0.367 e. The molecule has 0 aliphatic rings. The van der Waals surface area contributed by atoms with Crippen molar-refractivity contribution in [3.8, 4) is 5.69 Å². The van der Waals surface area contributed by atoms with Gasteiger partial charge in [0.2, 0.25) is 0 Å². The number of hydrogen-bond donors (Lipinski definition) is 0. The number of benzene rings is 1. The van der Waals surface area contributed by atoms with Crippen molar-refractivity contribution in [3.05, 3.63) is 73.8 Å². The molecule has 0 saturated carbocycles. The second-order valence-corrected chi connectivity index (χ2v) is 6.66. The smallest absolute Gasteiger partial charge is 0.292 e. The van der Waals surface area contributed by atoms with Crippen molar-refractivity contribution in [1.82, 2.24) is 9.78 Å². The third-order valence-electron chi connectivity index (χ3n) is 3.66. The molecule has 3 aromatic rings. The number of hydrogen-bond acceptors (Lipinski definition) is 4. The number of nitrogens with zero attached hydrogens (tertiary/aromatic N) is 3. The molecule has 0 spiro atoms. The number of aromatic nitrogens is 2. The Kier molecular flexibility index (Phi) is 4.50. The zero-order valence-electron chi connectivity index (χ0n) is 12.9. The maximum Gasteiger partial charge on any atom is 0.292 e. The van der Waals surface area contributed by atoms with Gasteiger partial charge in [0.05, 0.1) is 24.1 Å². The Balaban J connectivity index is 1.94. The van der Waals surface area contributed by atoms with Crippen molar-refractivity contribution in [1.29, 1.82) is 0 Å². The standard InChI is InChI=1S/C17H16ClN3OS/c1-12-8-9-23-15(12)11-20(2)14-10-19-21(17(22)16(14)18)13-6-4-3-5-7-13/h3-10H,11H2,1-2H3. The van der Waals surface area contributed by atoms with Gasteiger partial charge in [-0.15, -0.1) is 11.3 Å². The van der Waals surface area contributed by atoms with E-state index in [0.29, 0.717) is 17.9 Å². The average molecular weight is 346 g/mol. The first-order valence-corrected chi connectivity index (χ1v) is 8.41. The molecule has 6 heteroatoms. The van der Waals surface area contributed by atoms with E-state index in [1.807, 2.05) is 42.3 Å². The normalized spacial score (nSPS) is 10.7. The summed E-state index contributed by atoms with van der Waals surface area (Å²) in [4.78, 5) is 15.7. The Morgan fingerprint density at radius 2 is 2.00 bits per heavy atom. The van der Waals surface area contributed by atoms with Gasteiger partial charge in [-0.3, -0.25) is 4.79 Å². The van der Waals surface area contributed by atoms with E-state index in [4.69, 9.17) is 11.6 Å². The molecule has 0 unspecified atom stereocenters. The molecule has 0 fully saturated rings. The Hall–Kier alpha value is -2.11. The first kappa shape index (κ1) is 15.8. The van der Waals surface area contributed by atoms with E-state index in [1.54, 1.807) is 17.5 Å². The van der Waals surface area contributed by atoms with Crippen LogP contribution in [0, 0.1) is 6.92 Å². The van der Waals surface area contributed by atoms with Crippen LogP contribution < -0.4 is 10.5 Å². The zero-order chi connectivity index (χ0) is 16.4. The van der Waals surface area contributed by atoms with E-state index in [1.165, 1.54) is 15.1 Å². The predicted octanol–water partition coefficient (Wildman–Crippen LogP) is 3.89. The molecule has 1 aromatic carbocycles. The second-order valence-electron chi connectivity index (χ2n) is 5.28. The Morgan fingerprint density at radius 3 is 2.65 bits per heavy atom. The fourth-order valence-electron chi connectivity index (χ4n) is 2.31. The summed E-state index contributed by atoms with van der Waals surface area (Å²) >= 11 is 8.01. The van der Waals surface area contributed by atoms with Gasteiger partial charge in [0.1, 0.15) is 5.02 Å². The van der Waals surface area contributed by atoms with Crippen molar-refractivity contribution in [3.63, 3.8) is 0 Å². The number of thiophene rings is 1. The van der Waals surface area contributed by atoms with E-state index in [0.717, 1.165) is 0 Å². The fourth-order valence-corrected chi connectivity index (χ4v) is 3.54. The van der Waals surface area contributed by atoms with Gasteiger partial charge in [-0.25, -0.2) is 0 Å². The molecule has 4 nitrogen and oxygen atoms in total. The lowest BCUT2D eigenvalue weighted by Crippen LogP contribution is -2.26. The highest BCUT2D eigenvalue weighted by molar-refractivity contribution is 7.10. The van der Waals surface area contributed by atoms with Crippen LogP contribution in [0.2, 0.25) is 5.02 Å². The van der Waals surface area contributed by atoms with Crippen molar-refractivity contribution in [2.75, 3.05) is 11.9 Å². The molecule has 118 valence electrons. The minimum Gasteiger partial charge on any atom is -0.367 e. The monoisotopic (exact) mass is 345 g/mol. The van der Waals surface area contributed by atoms with Gasteiger partial charge in [0.25, 0.3) is 5.56 Å². The molecule has 2 heterocycles. The average Bonchev–Trinajstić information content (AvgIpc) is 2.95. The third kappa shape index (κ3) is 3.16. The van der Waals surface area contributed by atoms with Gasteiger partial charge in [-0.2, -0.15) is 9.78 Å². The summed E-state index contributed by atoms with van der Waals surface area (Å²) in [5, 5.41) is 6.51. The molecule has 0 amide bonds. The van der Waals surface area contributed by atoms with Crippen LogP contribution in [-0.2, 0) is 6.54 Å². The van der Waals surface area contributed by atoms with E-state index in [2.05, 4.69) is 23.5 Å². The summed E-state index contributed by atoms with van der Waals surface area (Å²) in [6.45, 7) is 2.77. The zero-order valence-corrected chi connectivity index (χ0v) is 14.4. The molecular weight excluding hydrogens is 330 g/mol. The van der Waals surface area contributed by atoms with Crippen LogP contribution in [-0.4, -0.2) is 16.8 Å². The van der Waals surface area contributed by atoms with Crippen molar-refractivity contribution < 1.29 is 0 Å². The maximum atomic E-state index is 12.5. The summed E-state index contributed by atoms with van der Waals surface area (Å²) in [5.74, 6) is 0. The summed E-state index contributed by atoms with van der Waals surface area (Å²) < 4.78 is 1.32. The van der Waals surface area contributed by atoms with E-state index in [-0.39, 0.29) is 10.6 Å². The molecule has 3 rings (SSSR count). The Labute approximate surface area is 143 Å². The molecule has 0 N–H and O–H groups in total. The molecule has 0 atom stereocenters. The summed E-state index contributed by atoms with van der Waals surface area (Å²) in [5.41, 5.74) is 2.26. The Morgan fingerprint density at radius 1 is 1.26 bits per heavy atom. The second kappa shape index (κ2) is 6.56. The van der Waals surface area contributed by atoms with Gasteiger partial charge in [0, 0.05) is 11.9 Å². The lowest BCUT2D eigenvalue weighted by atomic mass is 10.2. The summed E-state index contributed by atoms with van der Waals surface area (Å²) in [6.07, 6.45) is 1.64. The maximum absolute atomic E-state index is 12.5. The number of rotatable bonds is 4. The topological polar surface area (TPSA) is 38.1 Å². The molecule has 2 aromatic heterocycles. The van der Waals surface area contributed by atoms with E-state index < -0.39 is 0 Å². The quantitative estimate of drug-likeness (QED) is 0.720. The number of para-hydroxylation sites is 1. The molecule has 0 radical (unpaired) electrons. The molecule has 0 bridgehead atoms. The highest BCUT2D eigenvalue weighted by atomic mass is 35.5. The van der Waals surface area contributed by atoms with Crippen LogP contribution in [0.1, 0.15) is 10.4 Å². The first-order chi connectivity index (χ1) is 11.1. The molecule has 0 aliphatic heterocycles. The lowest BCUT2D eigenvalue weighted by Gasteiger charge is -2.20. The molecule has 23 heavy (non-hydrogen) atoms.